The van der Waals surface area contributed by atoms with Crippen LogP contribution in [0.25, 0.3) is 0 Å². The Morgan fingerprint density at radius 3 is 3.00 bits per heavy atom. The van der Waals surface area contributed by atoms with Crippen LogP contribution in [0.3, 0.4) is 0 Å². The van der Waals surface area contributed by atoms with Crippen LogP contribution in [0.2, 0.25) is 0 Å². The molecular formula is C11H18F2N4. The largest absolute Gasteiger partial charge is 0.321 e. The van der Waals surface area contributed by atoms with E-state index in [1.54, 1.807) is 6.33 Å². The molecular weight excluding hydrogens is 226 g/mol. The highest BCUT2D eigenvalue weighted by Crippen LogP contribution is 2.38. The Bertz CT molecular complexity index is 364. The van der Waals surface area contributed by atoms with Crippen molar-refractivity contribution in [3.8, 4) is 0 Å². The summed E-state index contributed by atoms with van der Waals surface area (Å²) in [4.78, 5) is 0. The number of nitrogens with one attached hydrogen (secondary N) is 1. The van der Waals surface area contributed by atoms with Gasteiger partial charge in [0.1, 0.15) is 12.2 Å². The lowest BCUT2D eigenvalue weighted by molar-refractivity contribution is 0.00509. The fourth-order valence-corrected chi connectivity index (χ4v) is 2.26. The Morgan fingerprint density at radius 1 is 1.59 bits per heavy atom. The predicted molar refractivity (Wildman–Crippen MR) is 59.9 cm³/mol. The van der Waals surface area contributed by atoms with Gasteiger partial charge >= 0.3 is 0 Å². The number of hydrogen-bond acceptors (Lipinski definition) is 3. The summed E-state index contributed by atoms with van der Waals surface area (Å²) >= 11 is 0. The number of alkyl halides is 2. The van der Waals surface area contributed by atoms with E-state index >= 15 is 0 Å². The molecule has 2 rings (SSSR count). The summed E-state index contributed by atoms with van der Waals surface area (Å²) in [5.74, 6) is -1.41. The average molecular weight is 244 g/mol. The molecule has 1 aromatic rings. The zero-order chi connectivity index (χ0) is 12.3. The SMILES string of the molecule is Cn1cnnc1CCNCC1CCC(F)(F)C1. The lowest BCUT2D eigenvalue weighted by atomic mass is 10.1. The summed E-state index contributed by atoms with van der Waals surface area (Å²) in [7, 11) is 1.90. The zero-order valence-corrected chi connectivity index (χ0v) is 9.99. The van der Waals surface area contributed by atoms with Crippen LogP contribution < -0.4 is 5.32 Å². The van der Waals surface area contributed by atoms with Gasteiger partial charge in [-0.2, -0.15) is 0 Å². The molecule has 96 valence electrons. The van der Waals surface area contributed by atoms with Crippen molar-refractivity contribution in [3.63, 3.8) is 0 Å². The minimum Gasteiger partial charge on any atom is -0.321 e. The summed E-state index contributed by atoms with van der Waals surface area (Å²) in [6.45, 7) is 1.43. The van der Waals surface area contributed by atoms with Crippen molar-refractivity contribution >= 4 is 0 Å². The lowest BCUT2D eigenvalue weighted by Crippen LogP contribution is -2.25. The van der Waals surface area contributed by atoms with Crippen LogP contribution in [0.15, 0.2) is 6.33 Å². The minimum atomic E-state index is -2.43. The van der Waals surface area contributed by atoms with Gasteiger partial charge in [-0.05, 0) is 18.9 Å². The molecule has 1 heterocycles. The summed E-state index contributed by atoms with van der Waals surface area (Å²) < 4.78 is 27.7. The third-order valence-electron chi connectivity index (χ3n) is 3.27. The molecule has 0 aliphatic heterocycles. The molecule has 0 amide bonds. The van der Waals surface area contributed by atoms with Crippen LogP contribution in [0.5, 0.6) is 0 Å². The van der Waals surface area contributed by atoms with Gasteiger partial charge in [-0.25, -0.2) is 8.78 Å². The highest BCUT2D eigenvalue weighted by Gasteiger charge is 2.38. The monoisotopic (exact) mass is 244 g/mol. The third-order valence-corrected chi connectivity index (χ3v) is 3.27. The van der Waals surface area contributed by atoms with Crippen LogP contribution in [0.4, 0.5) is 8.78 Å². The van der Waals surface area contributed by atoms with Crippen LogP contribution >= 0.6 is 0 Å². The first-order chi connectivity index (χ1) is 8.07. The molecule has 1 unspecified atom stereocenters. The van der Waals surface area contributed by atoms with E-state index in [4.69, 9.17) is 0 Å². The van der Waals surface area contributed by atoms with Gasteiger partial charge in [-0.1, -0.05) is 0 Å². The van der Waals surface area contributed by atoms with Crippen LogP contribution in [0.1, 0.15) is 25.1 Å². The van der Waals surface area contributed by atoms with E-state index in [1.165, 1.54) is 0 Å². The zero-order valence-electron chi connectivity index (χ0n) is 9.99. The Hall–Kier alpha value is -1.04. The molecule has 1 aliphatic rings. The second-order valence-corrected chi connectivity index (χ2v) is 4.78. The number of aryl methyl sites for hydroxylation is 1. The van der Waals surface area contributed by atoms with E-state index in [1.807, 2.05) is 11.6 Å². The van der Waals surface area contributed by atoms with Gasteiger partial charge in [0.05, 0.1) is 0 Å². The van der Waals surface area contributed by atoms with Crippen molar-refractivity contribution < 1.29 is 8.78 Å². The van der Waals surface area contributed by atoms with E-state index in [0.29, 0.717) is 13.0 Å². The van der Waals surface area contributed by atoms with Crippen molar-refractivity contribution in [3.05, 3.63) is 12.2 Å². The Labute approximate surface area is 99.4 Å². The summed E-state index contributed by atoms with van der Waals surface area (Å²) in [6, 6.07) is 0. The standard InChI is InChI=1S/C11H18F2N4/c1-17-8-15-16-10(17)3-5-14-7-9-2-4-11(12,13)6-9/h8-9,14H,2-7H2,1H3. The van der Waals surface area contributed by atoms with Gasteiger partial charge in [0.25, 0.3) is 0 Å². The maximum Gasteiger partial charge on any atom is 0.248 e. The van der Waals surface area contributed by atoms with E-state index < -0.39 is 5.92 Å². The Morgan fingerprint density at radius 2 is 2.41 bits per heavy atom. The highest BCUT2D eigenvalue weighted by molar-refractivity contribution is 4.86. The first-order valence-electron chi connectivity index (χ1n) is 5.98. The molecule has 0 spiro atoms. The molecule has 0 aromatic carbocycles. The Kier molecular flexibility index (Phi) is 3.71. The van der Waals surface area contributed by atoms with Crippen LogP contribution in [0, 0.1) is 5.92 Å². The van der Waals surface area contributed by atoms with Gasteiger partial charge in [0, 0.05) is 32.9 Å². The first kappa shape index (κ1) is 12.4. The molecule has 1 fully saturated rings. The average Bonchev–Trinajstić information content (AvgIpc) is 2.80. The molecule has 0 bridgehead atoms. The van der Waals surface area contributed by atoms with Crippen molar-refractivity contribution in [2.24, 2.45) is 13.0 Å². The molecule has 1 saturated carbocycles. The molecule has 4 nitrogen and oxygen atoms in total. The van der Waals surface area contributed by atoms with E-state index in [-0.39, 0.29) is 18.8 Å². The van der Waals surface area contributed by atoms with E-state index in [2.05, 4.69) is 15.5 Å². The molecule has 6 heteroatoms. The maximum absolute atomic E-state index is 12.9. The van der Waals surface area contributed by atoms with Crippen molar-refractivity contribution in [2.75, 3.05) is 13.1 Å². The molecule has 1 N–H and O–H groups in total. The third kappa shape index (κ3) is 3.46. The van der Waals surface area contributed by atoms with Crippen molar-refractivity contribution in [1.29, 1.82) is 0 Å². The highest BCUT2D eigenvalue weighted by atomic mass is 19.3. The number of halogens is 2. The van der Waals surface area contributed by atoms with Crippen molar-refractivity contribution in [1.82, 2.24) is 20.1 Å². The summed E-state index contributed by atoms with van der Waals surface area (Å²) in [5, 5.41) is 11.0. The fraction of sp³-hybridized carbons (Fsp3) is 0.818. The molecule has 0 saturated heterocycles. The van der Waals surface area contributed by atoms with Crippen molar-refractivity contribution in [2.45, 2.75) is 31.6 Å². The molecule has 17 heavy (non-hydrogen) atoms. The number of rotatable bonds is 5. The normalized spacial score (nSPS) is 23.1. The number of hydrogen-bond donors (Lipinski definition) is 1. The summed E-state index contributed by atoms with van der Waals surface area (Å²) in [6.07, 6.45) is 3.14. The summed E-state index contributed by atoms with van der Waals surface area (Å²) in [5.41, 5.74) is 0. The number of aromatic nitrogens is 3. The first-order valence-corrected chi connectivity index (χ1v) is 5.98. The second kappa shape index (κ2) is 5.08. The predicted octanol–water partition coefficient (Wildman–Crippen LogP) is 1.38. The maximum atomic E-state index is 12.9. The molecule has 1 aromatic heterocycles. The fourth-order valence-electron chi connectivity index (χ4n) is 2.26. The van der Waals surface area contributed by atoms with Crippen LogP contribution in [-0.4, -0.2) is 33.8 Å². The second-order valence-electron chi connectivity index (χ2n) is 4.78. The quantitative estimate of drug-likeness (QED) is 0.796. The smallest absolute Gasteiger partial charge is 0.248 e. The molecule has 1 aliphatic carbocycles. The van der Waals surface area contributed by atoms with Gasteiger partial charge in [-0.3, -0.25) is 0 Å². The van der Waals surface area contributed by atoms with Gasteiger partial charge in [-0.15, -0.1) is 10.2 Å². The lowest BCUT2D eigenvalue weighted by Gasteiger charge is -2.11. The van der Waals surface area contributed by atoms with Crippen LogP contribution in [-0.2, 0) is 13.5 Å². The molecule has 0 radical (unpaired) electrons. The Balaban J connectivity index is 1.63. The topological polar surface area (TPSA) is 42.7 Å². The minimum absolute atomic E-state index is 0.0317. The number of nitrogens with zero attached hydrogens (tertiary/aromatic N) is 3. The van der Waals surface area contributed by atoms with Gasteiger partial charge < -0.3 is 9.88 Å². The van der Waals surface area contributed by atoms with E-state index in [9.17, 15) is 8.78 Å². The van der Waals surface area contributed by atoms with E-state index in [0.717, 1.165) is 18.8 Å². The molecule has 1 atom stereocenters. The van der Waals surface area contributed by atoms with Gasteiger partial charge in [0.2, 0.25) is 5.92 Å². The van der Waals surface area contributed by atoms with Gasteiger partial charge in [0.15, 0.2) is 0 Å².